The van der Waals surface area contributed by atoms with Gasteiger partial charge >= 0.3 is 0 Å². The average Bonchev–Trinajstić information content (AvgIpc) is 3.21. The molecule has 0 unspecified atom stereocenters. The first-order valence-corrected chi connectivity index (χ1v) is 7.68. The van der Waals surface area contributed by atoms with Crippen LogP contribution in [0.1, 0.15) is 46.7 Å². The van der Waals surface area contributed by atoms with Crippen molar-refractivity contribution >= 4 is 28.7 Å². The maximum Gasteiger partial charge on any atom is 0.132 e. The summed E-state index contributed by atoms with van der Waals surface area (Å²) in [5, 5.41) is 4.82. The SMILES string of the molecule is COCc1ccc(C(=S)c2conc2C2CC2)c(C)c1Cl. The number of methoxy groups -OCH3 is 1. The van der Waals surface area contributed by atoms with Gasteiger partial charge < -0.3 is 9.26 Å². The summed E-state index contributed by atoms with van der Waals surface area (Å²) in [6, 6.07) is 3.96. The molecule has 0 N–H and O–H groups in total. The van der Waals surface area contributed by atoms with Crippen LogP contribution in [0.3, 0.4) is 0 Å². The van der Waals surface area contributed by atoms with Gasteiger partial charge in [-0.3, -0.25) is 0 Å². The second-order valence-corrected chi connectivity index (χ2v) is 6.15. The molecule has 1 aromatic heterocycles. The highest BCUT2D eigenvalue weighted by Gasteiger charge is 2.31. The predicted octanol–water partition coefficient (Wildman–Crippen LogP) is 4.43. The smallest absolute Gasteiger partial charge is 0.132 e. The zero-order valence-corrected chi connectivity index (χ0v) is 13.6. The number of halogens is 1. The van der Waals surface area contributed by atoms with Crippen molar-refractivity contribution in [3.8, 4) is 0 Å². The second kappa shape index (κ2) is 5.87. The molecule has 1 aliphatic rings. The van der Waals surface area contributed by atoms with Crippen LogP contribution in [0, 0.1) is 6.92 Å². The van der Waals surface area contributed by atoms with Gasteiger partial charge in [0, 0.05) is 18.1 Å². The standard InChI is InChI=1S/C16H16ClNO2S/c1-9-12(6-5-11(7-19-2)14(9)17)16(21)13-8-20-18-15(13)10-3-4-10/h5-6,8,10H,3-4,7H2,1-2H3. The molecule has 1 aliphatic carbocycles. The molecule has 2 aromatic rings. The molecule has 1 fully saturated rings. The number of ether oxygens (including phenoxy) is 1. The summed E-state index contributed by atoms with van der Waals surface area (Å²) in [7, 11) is 1.66. The Bertz CT molecular complexity index is 692. The van der Waals surface area contributed by atoms with E-state index >= 15 is 0 Å². The molecule has 0 atom stereocenters. The van der Waals surface area contributed by atoms with Gasteiger partial charge in [0.05, 0.1) is 22.7 Å². The Morgan fingerprint density at radius 2 is 2.19 bits per heavy atom. The van der Waals surface area contributed by atoms with Crippen LogP contribution in [-0.2, 0) is 11.3 Å². The summed E-state index contributed by atoms with van der Waals surface area (Å²) in [5.41, 5.74) is 4.80. The molecule has 5 heteroatoms. The topological polar surface area (TPSA) is 35.3 Å². The van der Waals surface area contributed by atoms with Gasteiger partial charge in [-0.2, -0.15) is 0 Å². The number of thiocarbonyl (C=S) groups is 1. The third kappa shape index (κ3) is 2.76. The van der Waals surface area contributed by atoms with Gasteiger partial charge in [0.15, 0.2) is 0 Å². The number of hydrogen-bond donors (Lipinski definition) is 0. The normalized spacial score (nSPS) is 14.4. The van der Waals surface area contributed by atoms with E-state index in [0.29, 0.717) is 17.5 Å². The van der Waals surface area contributed by atoms with Crippen LogP contribution in [0.25, 0.3) is 0 Å². The van der Waals surface area contributed by atoms with Crippen molar-refractivity contribution in [2.24, 2.45) is 0 Å². The molecule has 0 bridgehead atoms. The molecule has 110 valence electrons. The fourth-order valence-electron chi connectivity index (χ4n) is 2.47. The lowest BCUT2D eigenvalue weighted by Gasteiger charge is -2.12. The van der Waals surface area contributed by atoms with Gasteiger partial charge in [-0.15, -0.1) is 0 Å². The fraction of sp³-hybridized carbons (Fsp3) is 0.375. The first-order chi connectivity index (χ1) is 10.1. The minimum atomic E-state index is 0.493. The molecular formula is C16H16ClNO2S. The van der Waals surface area contributed by atoms with Crippen molar-refractivity contribution in [1.82, 2.24) is 5.16 Å². The minimum absolute atomic E-state index is 0.493. The van der Waals surface area contributed by atoms with Crippen molar-refractivity contribution < 1.29 is 9.26 Å². The molecule has 3 nitrogen and oxygen atoms in total. The zero-order chi connectivity index (χ0) is 15.0. The van der Waals surface area contributed by atoms with Crippen LogP contribution in [0.5, 0.6) is 0 Å². The molecule has 21 heavy (non-hydrogen) atoms. The van der Waals surface area contributed by atoms with Gasteiger partial charge in [0.1, 0.15) is 6.26 Å². The molecule has 0 radical (unpaired) electrons. The van der Waals surface area contributed by atoms with E-state index < -0.39 is 0 Å². The summed E-state index contributed by atoms with van der Waals surface area (Å²) < 4.78 is 10.3. The fourth-order valence-corrected chi connectivity index (χ4v) is 3.06. The highest BCUT2D eigenvalue weighted by atomic mass is 35.5. The summed E-state index contributed by atoms with van der Waals surface area (Å²) in [6.07, 6.45) is 3.97. The lowest BCUT2D eigenvalue weighted by Crippen LogP contribution is -2.06. The third-order valence-electron chi connectivity index (χ3n) is 3.82. The second-order valence-electron chi connectivity index (χ2n) is 5.36. The van der Waals surface area contributed by atoms with Gasteiger partial charge in [-0.1, -0.05) is 41.1 Å². The summed E-state index contributed by atoms with van der Waals surface area (Å²) in [6.45, 7) is 2.47. The maximum atomic E-state index is 6.42. The Kier molecular flexibility index (Phi) is 4.11. The molecular weight excluding hydrogens is 306 g/mol. The van der Waals surface area contributed by atoms with Gasteiger partial charge in [0.2, 0.25) is 0 Å². The predicted molar refractivity (Wildman–Crippen MR) is 86.2 cm³/mol. The molecule has 1 heterocycles. The summed E-state index contributed by atoms with van der Waals surface area (Å²) in [5.74, 6) is 0.500. The Morgan fingerprint density at radius 3 is 2.86 bits per heavy atom. The molecule has 0 amide bonds. The summed E-state index contributed by atoms with van der Waals surface area (Å²) in [4.78, 5) is 0.751. The van der Waals surface area contributed by atoms with Crippen molar-refractivity contribution in [3.05, 3.63) is 51.4 Å². The zero-order valence-electron chi connectivity index (χ0n) is 12.0. The quantitative estimate of drug-likeness (QED) is 0.603. The van der Waals surface area contributed by atoms with Crippen LogP contribution in [-0.4, -0.2) is 17.1 Å². The van der Waals surface area contributed by atoms with Crippen molar-refractivity contribution in [3.63, 3.8) is 0 Å². The van der Waals surface area contributed by atoms with E-state index in [1.165, 1.54) is 0 Å². The average molecular weight is 322 g/mol. The maximum absolute atomic E-state index is 6.42. The van der Waals surface area contributed by atoms with Crippen LogP contribution >= 0.6 is 23.8 Å². The molecule has 0 aliphatic heterocycles. The Balaban J connectivity index is 1.98. The van der Waals surface area contributed by atoms with E-state index in [9.17, 15) is 0 Å². The number of hydrogen-bond acceptors (Lipinski definition) is 4. The lowest BCUT2D eigenvalue weighted by atomic mass is 9.97. The van der Waals surface area contributed by atoms with Gasteiger partial charge in [0.25, 0.3) is 0 Å². The van der Waals surface area contributed by atoms with Gasteiger partial charge in [-0.25, -0.2) is 0 Å². The van der Waals surface area contributed by atoms with E-state index in [2.05, 4.69) is 5.16 Å². The van der Waals surface area contributed by atoms with Gasteiger partial charge in [-0.05, 0) is 36.5 Å². The van der Waals surface area contributed by atoms with E-state index in [-0.39, 0.29) is 0 Å². The Hall–Kier alpha value is -1.23. The number of aromatic nitrogens is 1. The number of rotatable bonds is 5. The van der Waals surface area contributed by atoms with Crippen LogP contribution in [0.4, 0.5) is 0 Å². The first kappa shape index (κ1) is 14.7. The van der Waals surface area contributed by atoms with E-state index in [1.54, 1.807) is 13.4 Å². The monoisotopic (exact) mass is 321 g/mol. The summed E-state index contributed by atoms with van der Waals surface area (Å²) >= 11 is 12.1. The Labute approximate surface area is 134 Å². The van der Waals surface area contributed by atoms with Crippen LogP contribution in [0.2, 0.25) is 5.02 Å². The third-order valence-corrected chi connectivity index (χ3v) is 4.78. The molecule has 1 aromatic carbocycles. The first-order valence-electron chi connectivity index (χ1n) is 6.89. The van der Waals surface area contributed by atoms with Crippen molar-refractivity contribution in [2.75, 3.05) is 7.11 Å². The Morgan fingerprint density at radius 1 is 1.43 bits per heavy atom. The number of benzene rings is 1. The molecule has 1 saturated carbocycles. The van der Waals surface area contributed by atoms with Crippen LogP contribution < -0.4 is 0 Å². The highest BCUT2D eigenvalue weighted by Crippen LogP contribution is 2.41. The number of nitrogens with zero attached hydrogens (tertiary/aromatic N) is 1. The molecule has 3 rings (SSSR count). The van der Waals surface area contributed by atoms with Crippen molar-refractivity contribution in [2.45, 2.75) is 32.3 Å². The molecule has 0 spiro atoms. The van der Waals surface area contributed by atoms with E-state index in [0.717, 1.165) is 45.7 Å². The van der Waals surface area contributed by atoms with Crippen molar-refractivity contribution in [1.29, 1.82) is 0 Å². The van der Waals surface area contributed by atoms with E-state index in [1.807, 2.05) is 19.1 Å². The molecule has 0 saturated heterocycles. The highest BCUT2D eigenvalue weighted by molar-refractivity contribution is 7.81. The minimum Gasteiger partial charge on any atom is -0.380 e. The van der Waals surface area contributed by atoms with E-state index in [4.69, 9.17) is 33.1 Å². The lowest BCUT2D eigenvalue weighted by molar-refractivity contribution is 0.185. The van der Waals surface area contributed by atoms with Crippen LogP contribution in [0.15, 0.2) is 22.9 Å². The largest absolute Gasteiger partial charge is 0.380 e.